The maximum atomic E-state index is 12.5. The number of aromatic hydroxyl groups is 2. The highest BCUT2D eigenvalue weighted by molar-refractivity contribution is 7.86. The number of hydrogen-bond donors (Lipinski definition) is 2. The van der Waals surface area contributed by atoms with Gasteiger partial charge in [0.25, 0.3) is 0 Å². The molecule has 0 aliphatic carbocycles. The first-order valence-electron chi connectivity index (χ1n) is 23.4. The minimum Gasteiger partial charge on any atom is -0.508 e. The predicted molar refractivity (Wildman–Crippen MR) is 313 cm³/mol. The monoisotopic (exact) mass is 1230 g/mol. The molecule has 8 aromatic carbocycles. The van der Waals surface area contributed by atoms with Crippen LogP contribution in [0.2, 0.25) is 0 Å². The Labute approximate surface area is 485 Å². The molecule has 2 N–H and O–H groups in total. The molecular formula is C59H64F2O18S4. The second-order valence-electron chi connectivity index (χ2n) is 18.0. The third-order valence-corrected chi connectivity index (χ3v) is 13.4. The molecule has 0 amide bonds. The van der Waals surface area contributed by atoms with E-state index in [9.17, 15) is 41.4 Å². The molecule has 446 valence electrons. The van der Waals surface area contributed by atoms with Crippen molar-refractivity contribution in [2.45, 2.75) is 60.8 Å². The van der Waals surface area contributed by atoms with Crippen LogP contribution in [-0.4, -0.2) is 57.2 Å². The van der Waals surface area contributed by atoms with E-state index in [-0.39, 0.29) is 62.5 Å². The standard InChI is InChI=1S/C29H28O9S2.C15H14F2O6S2.C12H10O3.3CH4/c1-29(2,21-5-9-26(10-6-21)36-39(4,30)31)22-7-11-27(12-8-22)37-40(32,33)38-28-19-17-25(18-20-28)35-24-15-13-23(34-3)14-16-24;1-15(2,11-3-7-13(8-4-11)22-24(16,18)19)12-5-9-14(10-6-12)23-25(17,20)21;13-9-1-5-11(6-2-9)15-12-7-3-10(14)4-8-12;;;/h5-20H,1-4H3;3-10H,1-2H3;1-8,13-14H;3*1H4. The van der Waals surface area contributed by atoms with Crippen molar-refractivity contribution in [2.24, 2.45) is 0 Å². The first kappa shape index (κ1) is 68.7. The van der Waals surface area contributed by atoms with E-state index in [1.165, 1.54) is 48.5 Å². The summed E-state index contributed by atoms with van der Waals surface area (Å²) in [5.41, 5.74) is 2.23. The van der Waals surface area contributed by atoms with Gasteiger partial charge >= 0.3 is 41.5 Å². The van der Waals surface area contributed by atoms with E-state index in [0.29, 0.717) is 28.7 Å². The maximum absolute atomic E-state index is 12.5. The lowest BCUT2D eigenvalue weighted by Crippen LogP contribution is -2.19. The molecule has 8 rings (SSSR count). The largest absolute Gasteiger partial charge is 0.508 e. The van der Waals surface area contributed by atoms with E-state index in [1.54, 1.807) is 153 Å². The molecule has 0 unspecified atom stereocenters. The zero-order valence-corrected chi connectivity index (χ0v) is 46.6. The Morgan fingerprint density at radius 3 is 0.771 bits per heavy atom. The summed E-state index contributed by atoms with van der Waals surface area (Å²) in [6.07, 6.45) is 0.982. The maximum Gasteiger partial charge on any atom is 0.500 e. The Balaban J connectivity index is 0.000000358. The second kappa shape index (κ2) is 28.9. The SMILES string of the molecule is C.C.C.CC(C)(c1ccc(OS(=O)(=O)F)cc1)c1ccc(OS(=O)(=O)F)cc1.COc1ccc(Oc2ccc(OS(=O)(=O)Oc3ccc(C(C)(C)c4ccc(OS(C)(=O)=O)cc4)cc3)cc2)cc1.Oc1ccc(Oc2ccc(O)cc2)cc1. The van der Waals surface area contributed by atoms with Crippen LogP contribution in [0.1, 0.15) is 72.2 Å². The molecule has 0 heterocycles. The van der Waals surface area contributed by atoms with Crippen LogP contribution in [0.25, 0.3) is 0 Å². The van der Waals surface area contributed by atoms with Crippen LogP contribution in [0.15, 0.2) is 194 Å². The number of phenols is 2. The van der Waals surface area contributed by atoms with Crippen LogP contribution < -0.4 is 35.1 Å². The normalized spacial score (nSPS) is 11.3. The van der Waals surface area contributed by atoms with Crippen molar-refractivity contribution in [2.75, 3.05) is 13.4 Å². The van der Waals surface area contributed by atoms with Crippen molar-refractivity contribution in [1.29, 1.82) is 0 Å². The van der Waals surface area contributed by atoms with Gasteiger partial charge in [-0.15, -0.1) is 8.42 Å². The Kier molecular flexibility index (Phi) is 23.9. The summed E-state index contributed by atoms with van der Waals surface area (Å²) in [4.78, 5) is 0. The lowest BCUT2D eigenvalue weighted by molar-refractivity contribution is 0.391. The third kappa shape index (κ3) is 22.0. The first-order valence-corrected chi connectivity index (χ1v) is 29.1. The van der Waals surface area contributed by atoms with Crippen molar-refractivity contribution in [3.8, 4) is 69.0 Å². The molecule has 0 radical (unpaired) electrons. The minimum atomic E-state index is -5.09. The summed E-state index contributed by atoms with van der Waals surface area (Å²) in [5.74, 6) is 3.49. The van der Waals surface area contributed by atoms with E-state index >= 15 is 0 Å². The average Bonchev–Trinajstić information content (AvgIpc) is 3.53. The van der Waals surface area contributed by atoms with Gasteiger partial charge in [0.1, 0.15) is 69.0 Å². The van der Waals surface area contributed by atoms with Crippen molar-refractivity contribution in [3.63, 3.8) is 0 Å². The predicted octanol–water partition coefficient (Wildman–Crippen LogP) is 13.9. The van der Waals surface area contributed by atoms with E-state index in [2.05, 4.69) is 8.37 Å². The molecule has 0 saturated carbocycles. The number of rotatable bonds is 19. The van der Waals surface area contributed by atoms with Crippen LogP contribution in [0, 0.1) is 0 Å². The highest BCUT2D eigenvalue weighted by Crippen LogP contribution is 2.36. The van der Waals surface area contributed by atoms with Gasteiger partial charge in [-0.3, -0.25) is 0 Å². The van der Waals surface area contributed by atoms with Gasteiger partial charge in [0.05, 0.1) is 13.4 Å². The molecular weight excluding hydrogens is 1160 g/mol. The number of ether oxygens (including phenoxy) is 3. The fourth-order valence-corrected chi connectivity index (χ4v) is 9.08. The van der Waals surface area contributed by atoms with Crippen LogP contribution in [0.5, 0.6) is 69.0 Å². The van der Waals surface area contributed by atoms with Crippen LogP contribution in [0.4, 0.5) is 7.77 Å². The molecule has 0 spiro atoms. The smallest absolute Gasteiger partial charge is 0.500 e. The molecule has 24 heteroatoms. The zero-order valence-electron chi connectivity index (χ0n) is 43.3. The van der Waals surface area contributed by atoms with Crippen LogP contribution >= 0.6 is 0 Å². The van der Waals surface area contributed by atoms with Gasteiger partial charge in [-0.2, -0.15) is 25.3 Å². The van der Waals surface area contributed by atoms with Crippen LogP contribution in [-0.2, 0) is 52.4 Å². The van der Waals surface area contributed by atoms with Crippen molar-refractivity contribution >= 4 is 41.5 Å². The summed E-state index contributed by atoms with van der Waals surface area (Å²) in [6.45, 7) is 7.68. The molecule has 0 aliphatic heterocycles. The number of methoxy groups -OCH3 is 1. The van der Waals surface area contributed by atoms with E-state index in [0.717, 1.165) is 28.5 Å². The third-order valence-electron chi connectivity index (χ3n) is 11.4. The molecule has 0 fully saturated rings. The Bertz CT molecular complexity index is 3650. The van der Waals surface area contributed by atoms with E-state index in [1.807, 2.05) is 27.7 Å². The summed E-state index contributed by atoms with van der Waals surface area (Å²) in [7, 11) is -16.6. The average molecular weight is 1230 g/mol. The summed E-state index contributed by atoms with van der Waals surface area (Å²) < 4.78 is 154. The Hall–Kier alpha value is -8.58. The summed E-state index contributed by atoms with van der Waals surface area (Å²) in [6, 6.07) is 50.7. The number of phenolic OH excluding ortho intramolecular Hbond substituents is 2. The number of halogens is 2. The lowest BCUT2D eigenvalue weighted by atomic mass is 9.78. The molecule has 8 aromatic rings. The first-order chi connectivity index (χ1) is 37.4. The van der Waals surface area contributed by atoms with E-state index in [4.69, 9.17) is 37.0 Å². The summed E-state index contributed by atoms with van der Waals surface area (Å²) in [5, 5.41) is 18.1. The highest BCUT2D eigenvalue weighted by Gasteiger charge is 2.26. The number of hydrogen-bond acceptors (Lipinski definition) is 18. The molecule has 0 bridgehead atoms. The van der Waals surface area contributed by atoms with Gasteiger partial charge in [0.15, 0.2) is 0 Å². The highest BCUT2D eigenvalue weighted by atomic mass is 32.3. The van der Waals surface area contributed by atoms with Gasteiger partial charge < -0.3 is 45.3 Å². The van der Waals surface area contributed by atoms with Gasteiger partial charge in [-0.05, 0) is 168 Å². The van der Waals surface area contributed by atoms with Gasteiger partial charge in [-0.25, -0.2) is 0 Å². The fraction of sp³-hybridized carbons (Fsp3) is 0.186. The molecule has 83 heavy (non-hydrogen) atoms. The minimum absolute atomic E-state index is 0. The lowest BCUT2D eigenvalue weighted by Gasteiger charge is -2.26. The second-order valence-corrected chi connectivity index (χ2v) is 22.6. The van der Waals surface area contributed by atoms with Crippen LogP contribution in [0.3, 0.4) is 0 Å². The van der Waals surface area contributed by atoms with Crippen molar-refractivity contribution in [1.82, 2.24) is 0 Å². The molecule has 0 atom stereocenters. The molecule has 0 saturated heterocycles. The fourth-order valence-electron chi connectivity index (χ4n) is 7.21. The van der Waals surface area contributed by atoms with Gasteiger partial charge in [-0.1, -0.05) is 106 Å². The summed E-state index contributed by atoms with van der Waals surface area (Å²) >= 11 is 0. The van der Waals surface area contributed by atoms with E-state index < -0.39 is 52.4 Å². The van der Waals surface area contributed by atoms with Gasteiger partial charge in [0, 0.05) is 10.8 Å². The molecule has 0 aromatic heterocycles. The van der Waals surface area contributed by atoms with Crippen molar-refractivity contribution < 1.29 is 86.8 Å². The van der Waals surface area contributed by atoms with Gasteiger partial charge in [0.2, 0.25) is 0 Å². The molecule has 18 nitrogen and oxygen atoms in total. The zero-order chi connectivity index (χ0) is 58.5. The number of benzene rings is 8. The topological polar surface area (TPSA) is 251 Å². The molecule has 0 aliphatic rings. The Morgan fingerprint density at radius 2 is 0.530 bits per heavy atom. The quantitative estimate of drug-likeness (QED) is 0.0564. The Morgan fingerprint density at radius 1 is 0.325 bits per heavy atom. The van der Waals surface area contributed by atoms with Crippen molar-refractivity contribution in [3.05, 3.63) is 216 Å².